The third-order valence-electron chi connectivity index (χ3n) is 1.87. The summed E-state index contributed by atoms with van der Waals surface area (Å²) in [6, 6.07) is 9.73. The number of hydrogen-bond donors (Lipinski definition) is 1. The van der Waals surface area contributed by atoms with Gasteiger partial charge in [-0.3, -0.25) is 5.10 Å². The van der Waals surface area contributed by atoms with Gasteiger partial charge in [0.05, 0.1) is 5.69 Å². The third-order valence-corrected chi connectivity index (χ3v) is 1.98. The van der Waals surface area contributed by atoms with E-state index < -0.39 is 0 Å². The molecule has 0 radical (unpaired) electrons. The predicted octanol–water partition coefficient (Wildman–Crippen LogP) is 2.65. The largest absolute Gasteiger partial charge is 0.478 e. The third kappa shape index (κ3) is 1.88. The minimum absolute atomic E-state index is 0.159. The molecule has 0 saturated heterocycles. The molecule has 0 bridgehead atoms. The predicted molar refractivity (Wildman–Crippen MR) is 55.4 cm³/mol. The zero-order chi connectivity index (χ0) is 9.80. The molecule has 1 aromatic heterocycles. The summed E-state index contributed by atoms with van der Waals surface area (Å²) >= 11 is 5.47. The summed E-state index contributed by atoms with van der Waals surface area (Å²) in [6.07, 6.45) is 1.71. The van der Waals surface area contributed by atoms with E-state index in [0.29, 0.717) is 0 Å². The van der Waals surface area contributed by atoms with Crippen molar-refractivity contribution in [2.75, 3.05) is 6.07 Å². The van der Waals surface area contributed by atoms with Gasteiger partial charge in [-0.1, -0.05) is 23.7 Å². The second-order valence-corrected chi connectivity index (χ2v) is 2.97. The SMILES string of the molecule is ClCOc1cccc(-c2ccn[nH]2)c1. The van der Waals surface area contributed by atoms with Crippen LogP contribution in [0.3, 0.4) is 0 Å². The number of alkyl halides is 1. The van der Waals surface area contributed by atoms with E-state index in [1.54, 1.807) is 6.20 Å². The van der Waals surface area contributed by atoms with Gasteiger partial charge in [0.25, 0.3) is 0 Å². The molecule has 2 rings (SSSR count). The summed E-state index contributed by atoms with van der Waals surface area (Å²) in [6.45, 7) is 0. The maximum absolute atomic E-state index is 5.47. The molecule has 0 spiro atoms. The van der Waals surface area contributed by atoms with Crippen LogP contribution in [0.1, 0.15) is 0 Å². The van der Waals surface area contributed by atoms with E-state index in [1.807, 2.05) is 30.3 Å². The maximum Gasteiger partial charge on any atom is 0.162 e. The molecule has 0 unspecified atom stereocenters. The normalized spacial score (nSPS) is 10.1. The Hall–Kier alpha value is -1.48. The molecule has 0 aliphatic rings. The van der Waals surface area contributed by atoms with Crippen LogP contribution in [0.5, 0.6) is 5.75 Å². The van der Waals surface area contributed by atoms with Crippen molar-refractivity contribution in [3.63, 3.8) is 0 Å². The summed E-state index contributed by atoms with van der Waals surface area (Å²) in [4.78, 5) is 0. The molecule has 0 atom stereocenters. The van der Waals surface area contributed by atoms with Crippen molar-refractivity contribution in [1.82, 2.24) is 10.2 Å². The molecule has 0 amide bonds. The number of benzene rings is 1. The van der Waals surface area contributed by atoms with Gasteiger partial charge in [0.15, 0.2) is 6.07 Å². The van der Waals surface area contributed by atoms with Crippen LogP contribution in [0.15, 0.2) is 36.5 Å². The fraction of sp³-hybridized carbons (Fsp3) is 0.100. The van der Waals surface area contributed by atoms with Crippen LogP contribution in [-0.2, 0) is 0 Å². The monoisotopic (exact) mass is 208 g/mol. The Kier molecular flexibility index (Phi) is 2.70. The van der Waals surface area contributed by atoms with E-state index in [2.05, 4.69) is 10.2 Å². The zero-order valence-corrected chi connectivity index (χ0v) is 8.16. The first-order chi connectivity index (χ1) is 6.90. The zero-order valence-electron chi connectivity index (χ0n) is 7.40. The lowest BCUT2D eigenvalue weighted by Crippen LogP contribution is -1.88. The number of rotatable bonds is 3. The van der Waals surface area contributed by atoms with Crippen molar-refractivity contribution < 1.29 is 4.74 Å². The van der Waals surface area contributed by atoms with Crippen LogP contribution in [0.2, 0.25) is 0 Å². The van der Waals surface area contributed by atoms with Gasteiger partial charge in [-0.15, -0.1) is 0 Å². The highest BCUT2D eigenvalue weighted by Crippen LogP contribution is 2.21. The molecule has 1 aromatic carbocycles. The fourth-order valence-corrected chi connectivity index (χ4v) is 1.36. The Bertz CT molecular complexity index is 400. The molecule has 3 nitrogen and oxygen atoms in total. The van der Waals surface area contributed by atoms with Gasteiger partial charge in [0.1, 0.15) is 5.75 Å². The Morgan fingerprint density at radius 1 is 1.36 bits per heavy atom. The van der Waals surface area contributed by atoms with Gasteiger partial charge < -0.3 is 4.74 Å². The standard InChI is InChI=1S/C10H9ClN2O/c11-7-14-9-3-1-2-8(6-9)10-4-5-12-13-10/h1-6H,7H2,(H,12,13). The number of ether oxygens (including phenoxy) is 1. The maximum atomic E-state index is 5.47. The van der Waals surface area contributed by atoms with Gasteiger partial charge in [0, 0.05) is 11.8 Å². The molecule has 0 aliphatic carbocycles. The Morgan fingerprint density at radius 3 is 3.00 bits per heavy atom. The first-order valence-corrected chi connectivity index (χ1v) is 4.72. The van der Waals surface area contributed by atoms with Crippen molar-refractivity contribution in [3.05, 3.63) is 36.5 Å². The second kappa shape index (κ2) is 4.15. The summed E-state index contributed by atoms with van der Waals surface area (Å²) in [5.74, 6) is 0.757. The van der Waals surface area contributed by atoms with Crippen LogP contribution >= 0.6 is 11.6 Å². The van der Waals surface area contributed by atoms with E-state index >= 15 is 0 Å². The first-order valence-electron chi connectivity index (χ1n) is 4.19. The number of H-pyrrole nitrogens is 1. The Balaban J connectivity index is 2.31. The van der Waals surface area contributed by atoms with E-state index in [4.69, 9.17) is 16.3 Å². The summed E-state index contributed by atoms with van der Waals surface area (Å²) in [7, 11) is 0. The minimum Gasteiger partial charge on any atom is -0.478 e. The number of aromatic amines is 1. The lowest BCUT2D eigenvalue weighted by Gasteiger charge is -2.03. The van der Waals surface area contributed by atoms with E-state index in [0.717, 1.165) is 17.0 Å². The molecule has 2 aromatic rings. The van der Waals surface area contributed by atoms with Crippen LogP contribution in [0, 0.1) is 0 Å². The van der Waals surface area contributed by atoms with Gasteiger partial charge in [-0.2, -0.15) is 5.10 Å². The summed E-state index contributed by atoms with van der Waals surface area (Å²) in [5.41, 5.74) is 2.00. The van der Waals surface area contributed by atoms with E-state index in [-0.39, 0.29) is 6.07 Å². The van der Waals surface area contributed by atoms with Gasteiger partial charge in [0.2, 0.25) is 0 Å². The summed E-state index contributed by atoms with van der Waals surface area (Å²) in [5, 5.41) is 6.77. The van der Waals surface area contributed by atoms with Crippen molar-refractivity contribution in [1.29, 1.82) is 0 Å². The number of nitrogens with zero attached hydrogens (tertiary/aromatic N) is 1. The van der Waals surface area contributed by atoms with Gasteiger partial charge in [-0.05, 0) is 18.2 Å². The average molecular weight is 209 g/mol. The van der Waals surface area contributed by atoms with Gasteiger partial charge >= 0.3 is 0 Å². The van der Waals surface area contributed by atoms with Gasteiger partial charge in [-0.25, -0.2) is 0 Å². The molecule has 0 saturated carbocycles. The van der Waals surface area contributed by atoms with Crippen molar-refractivity contribution in [3.8, 4) is 17.0 Å². The molecule has 72 valence electrons. The number of hydrogen-bond acceptors (Lipinski definition) is 2. The van der Waals surface area contributed by atoms with Crippen LogP contribution in [0.25, 0.3) is 11.3 Å². The number of halogens is 1. The lowest BCUT2D eigenvalue weighted by molar-refractivity contribution is 0.388. The van der Waals surface area contributed by atoms with E-state index in [1.165, 1.54) is 0 Å². The van der Waals surface area contributed by atoms with Crippen molar-refractivity contribution >= 4 is 11.6 Å². The second-order valence-electron chi connectivity index (χ2n) is 2.75. The van der Waals surface area contributed by atoms with Crippen molar-refractivity contribution in [2.45, 2.75) is 0 Å². The molecule has 4 heteroatoms. The summed E-state index contributed by atoms with van der Waals surface area (Å²) < 4.78 is 5.18. The quantitative estimate of drug-likeness (QED) is 0.788. The average Bonchev–Trinajstić information content (AvgIpc) is 2.71. The van der Waals surface area contributed by atoms with Crippen LogP contribution in [-0.4, -0.2) is 16.3 Å². The highest BCUT2D eigenvalue weighted by atomic mass is 35.5. The lowest BCUT2D eigenvalue weighted by atomic mass is 10.1. The molecule has 14 heavy (non-hydrogen) atoms. The van der Waals surface area contributed by atoms with Crippen LogP contribution in [0.4, 0.5) is 0 Å². The Labute approximate surface area is 86.7 Å². The Morgan fingerprint density at radius 2 is 2.29 bits per heavy atom. The van der Waals surface area contributed by atoms with Crippen LogP contribution < -0.4 is 4.74 Å². The highest BCUT2D eigenvalue weighted by molar-refractivity contribution is 6.17. The minimum atomic E-state index is 0.159. The fourth-order valence-electron chi connectivity index (χ4n) is 1.23. The molecule has 1 heterocycles. The molecule has 0 aliphatic heterocycles. The number of aromatic nitrogens is 2. The first kappa shape index (κ1) is 9.09. The number of nitrogens with one attached hydrogen (secondary N) is 1. The molecular formula is C10H9ClN2O. The smallest absolute Gasteiger partial charge is 0.162 e. The molecule has 0 fully saturated rings. The highest BCUT2D eigenvalue weighted by Gasteiger charge is 1.99. The van der Waals surface area contributed by atoms with E-state index in [9.17, 15) is 0 Å². The molecule has 1 N–H and O–H groups in total. The topological polar surface area (TPSA) is 37.9 Å². The van der Waals surface area contributed by atoms with Crippen molar-refractivity contribution in [2.24, 2.45) is 0 Å². The molecular weight excluding hydrogens is 200 g/mol.